The van der Waals surface area contributed by atoms with Gasteiger partial charge in [0, 0.05) is 10.0 Å². The third-order valence-electron chi connectivity index (χ3n) is 2.18. The summed E-state index contributed by atoms with van der Waals surface area (Å²) in [5.41, 5.74) is 3.05. The predicted molar refractivity (Wildman–Crippen MR) is 55.4 cm³/mol. The van der Waals surface area contributed by atoms with Crippen molar-refractivity contribution in [3.05, 3.63) is 32.3 Å². The van der Waals surface area contributed by atoms with Crippen LogP contribution >= 0.6 is 23.2 Å². The molecule has 0 bridgehead atoms. The molecule has 0 radical (unpaired) electrons. The van der Waals surface area contributed by atoms with Crippen LogP contribution in [-0.2, 0) is 0 Å². The smallest absolute Gasteiger partial charge is 0.0998 e. The Balaban J connectivity index is 3.69. The highest BCUT2D eigenvalue weighted by Crippen LogP contribution is 2.33. The summed E-state index contributed by atoms with van der Waals surface area (Å²) in [4.78, 5) is 0. The van der Waals surface area contributed by atoms with Gasteiger partial charge < -0.3 is 0 Å². The Kier molecular flexibility index (Phi) is 2.85. The molecule has 1 rings (SSSR count). The molecule has 0 amide bonds. The zero-order valence-electron chi connectivity index (χ0n) is 7.70. The minimum atomic E-state index is 0.584. The molecular weight excluding hydrogens is 205 g/mol. The topological polar surface area (TPSA) is 23.8 Å². The number of nitrogens with zero attached hydrogens (tertiary/aromatic N) is 1. The summed E-state index contributed by atoms with van der Waals surface area (Å²) in [7, 11) is 0. The van der Waals surface area contributed by atoms with Gasteiger partial charge in [-0.1, -0.05) is 23.2 Å². The summed E-state index contributed by atoms with van der Waals surface area (Å²) in [6, 6.07) is 2.10. The average molecular weight is 214 g/mol. The van der Waals surface area contributed by atoms with Gasteiger partial charge in [0.15, 0.2) is 0 Å². The van der Waals surface area contributed by atoms with Crippen LogP contribution in [0.5, 0.6) is 0 Å². The molecule has 1 aromatic carbocycles. The maximum absolute atomic E-state index is 8.87. The van der Waals surface area contributed by atoms with Crippen LogP contribution in [0.25, 0.3) is 0 Å². The van der Waals surface area contributed by atoms with Crippen molar-refractivity contribution in [2.45, 2.75) is 20.8 Å². The van der Waals surface area contributed by atoms with Crippen molar-refractivity contribution in [3.8, 4) is 6.07 Å². The molecule has 1 nitrogen and oxygen atoms in total. The summed E-state index contributed by atoms with van der Waals surface area (Å²) < 4.78 is 0. The van der Waals surface area contributed by atoms with Gasteiger partial charge in [-0.05, 0) is 37.5 Å². The van der Waals surface area contributed by atoms with Gasteiger partial charge in [-0.2, -0.15) is 5.26 Å². The zero-order valence-corrected chi connectivity index (χ0v) is 9.22. The fraction of sp³-hybridized carbons (Fsp3) is 0.300. The maximum atomic E-state index is 8.87. The second-order valence-corrected chi connectivity index (χ2v) is 3.75. The lowest BCUT2D eigenvalue weighted by Gasteiger charge is -2.10. The number of benzene rings is 1. The number of hydrogen-bond donors (Lipinski definition) is 0. The zero-order chi connectivity index (χ0) is 10.2. The molecule has 0 unspecified atom stereocenters. The molecule has 0 fully saturated rings. The Morgan fingerprint density at radius 1 is 0.923 bits per heavy atom. The van der Waals surface area contributed by atoms with Gasteiger partial charge >= 0.3 is 0 Å². The van der Waals surface area contributed by atoms with Crippen LogP contribution in [0.4, 0.5) is 0 Å². The van der Waals surface area contributed by atoms with Crippen LogP contribution in [0.15, 0.2) is 0 Å². The standard InChI is InChI=1S/C10H9Cl2N/c1-5-8(4-13)6(2)10(12)7(3)9(5)11/h1-3H3. The number of halogens is 2. The molecule has 13 heavy (non-hydrogen) atoms. The molecule has 0 atom stereocenters. The maximum Gasteiger partial charge on any atom is 0.0998 e. The fourth-order valence-electron chi connectivity index (χ4n) is 1.33. The minimum absolute atomic E-state index is 0.584. The number of hydrogen-bond acceptors (Lipinski definition) is 1. The largest absolute Gasteiger partial charge is 0.192 e. The molecule has 0 aliphatic heterocycles. The van der Waals surface area contributed by atoms with E-state index in [0.717, 1.165) is 16.7 Å². The van der Waals surface area contributed by atoms with Gasteiger partial charge in [-0.3, -0.25) is 0 Å². The Morgan fingerprint density at radius 2 is 1.31 bits per heavy atom. The SMILES string of the molecule is Cc1c(Cl)c(C)c(C#N)c(C)c1Cl. The van der Waals surface area contributed by atoms with Crippen LogP contribution in [-0.4, -0.2) is 0 Å². The van der Waals surface area contributed by atoms with Crippen molar-refractivity contribution in [1.82, 2.24) is 0 Å². The highest BCUT2D eigenvalue weighted by Gasteiger charge is 2.13. The first-order chi connectivity index (χ1) is 6.00. The molecular formula is C10H9Cl2N. The van der Waals surface area contributed by atoms with Crippen molar-refractivity contribution in [1.29, 1.82) is 5.26 Å². The van der Waals surface area contributed by atoms with E-state index >= 15 is 0 Å². The van der Waals surface area contributed by atoms with E-state index in [9.17, 15) is 0 Å². The molecule has 0 heterocycles. The van der Waals surface area contributed by atoms with Crippen LogP contribution in [0.3, 0.4) is 0 Å². The summed E-state index contributed by atoms with van der Waals surface area (Å²) in [6.07, 6.45) is 0. The van der Waals surface area contributed by atoms with Crippen LogP contribution < -0.4 is 0 Å². The Hall–Kier alpha value is -0.710. The van der Waals surface area contributed by atoms with Gasteiger partial charge in [0.05, 0.1) is 11.6 Å². The highest BCUT2D eigenvalue weighted by atomic mass is 35.5. The van der Waals surface area contributed by atoms with Gasteiger partial charge in [0.2, 0.25) is 0 Å². The van der Waals surface area contributed by atoms with Crippen LogP contribution in [0, 0.1) is 32.1 Å². The van der Waals surface area contributed by atoms with Gasteiger partial charge in [-0.15, -0.1) is 0 Å². The van der Waals surface area contributed by atoms with Gasteiger partial charge in [-0.25, -0.2) is 0 Å². The monoisotopic (exact) mass is 213 g/mol. The summed E-state index contributed by atoms with van der Waals surface area (Å²) in [6.45, 7) is 5.51. The molecule has 0 N–H and O–H groups in total. The van der Waals surface area contributed by atoms with Crippen molar-refractivity contribution >= 4 is 23.2 Å². The first kappa shape index (κ1) is 10.4. The summed E-state index contributed by atoms with van der Waals surface area (Å²) >= 11 is 12.0. The second kappa shape index (κ2) is 3.57. The second-order valence-electron chi connectivity index (χ2n) is 2.99. The first-order valence-corrected chi connectivity index (χ1v) is 4.61. The third-order valence-corrected chi connectivity index (χ3v) is 3.31. The Morgan fingerprint density at radius 3 is 1.62 bits per heavy atom. The Labute approximate surface area is 87.9 Å². The van der Waals surface area contributed by atoms with E-state index in [4.69, 9.17) is 28.5 Å². The molecule has 0 aliphatic rings. The van der Waals surface area contributed by atoms with E-state index in [1.807, 2.05) is 20.8 Å². The van der Waals surface area contributed by atoms with Crippen molar-refractivity contribution < 1.29 is 0 Å². The van der Waals surface area contributed by atoms with Crippen molar-refractivity contribution in [2.75, 3.05) is 0 Å². The summed E-state index contributed by atoms with van der Waals surface area (Å²) in [5.74, 6) is 0. The lowest BCUT2D eigenvalue weighted by atomic mass is 10.0. The van der Waals surface area contributed by atoms with E-state index in [1.165, 1.54) is 0 Å². The van der Waals surface area contributed by atoms with Crippen molar-refractivity contribution in [3.63, 3.8) is 0 Å². The minimum Gasteiger partial charge on any atom is -0.192 e. The van der Waals surface area contributed by atoms with E-state index in [-0.39, 0.29) is 0 Å². The molecule has 0 saturated carbocycles. The molecule has 3 heteroatoms. The van der Waals surface area contributed by atoms with E-state index in [2.05, 4.69) is 6.07 Å². The van der Waals surface area contributed by atoms with Gasteiger partial charge in [0.25, 0.3) is 0 Å². The quantitative estimate of drug-likeness (QED) is 0.644. The lowest BCUT2D eigenvalue weighted by molar-refractivity contribution is 1.28. The molecule has 68 valence electrons. The van der Waals surface area contributed by atoms with Crippen LogP contribution in [0.1, 0.15) is 22.3 Å². The predicted octanol–water partition coefficient (Wildman–Crippen LogP) is 3.79. The molecule has 0 aliphatic carbocycles. The third kappa shape index (κ3) is 1.52. The number of rotatable bonds is 0. The van der Waals surface area contributed by atoms with E-state index in [1.54, 1.807) is 0 Å². The molecule has 0 spiro atoms. The van der Waals surface area contributed by atoms with E-state index in [0.29, 0.717) is 15.6 Å². The first-order valence-electron chi connectivity index (χ1n) is 3.85. The average Bonchev–Trinajstić information content (AvgIpc) is 2.13. The Bertz CT molecular complexity index is 373. The fourth-order valence-corrected chi connectivity index (χ4v) is 1.75. The van der Waals surface area contributed by atoms with E-state index < -0.39 is 0 Å². The van der Waals surface area contributed by atoms with Crippen LogP contribution in [0.2, 0.25) is 10.0 Å². The molecule has 0 saturated heterocycles. The number of nitriles is 1. The molecule has 1 aromatic rings. The molecule has 0 aromatic heterocycles. The normalized spacial score (nSPS) is 9.85. The van der Waals surface area contributed by atoms with Gasteiger partial charge in [0.1, 0.15) is 0 Å². The highest BCUT2D eigenvalue weighted by molar-refractivity contribution is 6.37. The van der Waals surface area contributed by atoms with Crippen molar-refractivity contribution in [2.24, 2.45) is 0 Å². The summed E-state index contributed by atoms with van der Waals surface area (Å²) in [5, 5.41) is 10.1. The lowest BCUT2D eigenvalue weighted by Crippen LogP contribution is -1.94.